The standard InChI is InChI=1S/C9H2F16/c10-3(8(20,21)22,1-2-4(11,12)13)5(14,15)6(16,17)7(18,19)9(23,24)25/h1-2H/b2-1+. The summed E-state index contributed by atoms with van der Waals surface area (Å²) in [6.07, 6.45) is -25.4. The van der Waals surface area contributed by atoms with Crippen molar-refractivity contribution in [1.82, 2.24) is 0 Å². The summed E-state index contributed by atoms with van der Waals surface area (Å²) in [4.78, 5) is 0. The van der Waals surface area contributed by atoms with Crippen molar-refractivity contribution in [2.45, 2.75) is 42.0 Å². The van der Waals surface area contributed by atoms with E-state index in [4.69, 9.17) is 0 Å². The Kier molecular flexibility index (Phi) is 5.50. The zero-order chi connectivity index (χ0) is 20.9. The molecule has 0 saturated carbocycles. The van der Waals surface area contributed by atoms with Gasteiger partial charge in [-0.05, 0) is 6.08 Å². The first-order chi connectivity index (χ1) is 10.5. The molecule has 150 valence electrons. The van der Waals surface area contributed by atoms with Crippen LogP contribution in [0.3, 0.4) is 0 Å². The summed E-state index contributed by atoms with van der Waals surface area (Å²) in [6, 6.07) is 0. The third-order valence-electron chi connectivity index (χ3n) is 2.52. The molecule has 0 spiro atoms. The minimum absolute atomic E-state index is 2.00. The number of hydrogen-bond acceptors (Lipinski definition) is 0. The Balaban J connectivity index is 6.60. The van der Waals surface area contributed by atoms with Crippen molar-refractivity contribution in [3.8, 4) is 0 Å². The van der Waals surface area contributed by atoms with Crippen molar-refractivity contribution >= 4 is 0 Å². The van der Waals surface area contributed by atoms with Crippen LogP contribution < -0.4 is 0 Å². The first kappa shape index (κ1) is 23.6. The maximum Gasteiger partial charge on any atom is 0.460 e. The van der Waals surface area contributed by atoms with Crippen LogP contribution in [0.2, 0.25) is 0 Å². The molecular formula is C9H2F16. The van der Waals surface area contributed by atoms with Gasteiger partial charge in [0.15, 0.2) is 0 Å². The first-order valence-electron chi connectivity index (χ1n) is 5.18. The van der Waals surface area contributed by atoms with E-state index in [2.05, 4.69) is 0 Å². The Morgan fingerprint density at radius 3 is 0.960 bits per heavy atom. The quantitative estimate of drug-likeness (QED) is 0.401. The second-order valence-electron chi connectivity index (χ2n) is 4.31. The number of allylic oxidation sites excluding steroid dienone is 2. The molecule has 0 radical (unpaired) electrons. The number of alkyl halides is 16. The molecule has 0 aromatic heterocycles. The topological polar surface area (TPSA) is 0 Å². The van der Waals surface area contributed by atoms with Crippen molar-refractivity contribution in [3.63, 3.8) is 0 Å². The Morgan fingerprint density at radius 2 is 0.720 bits per heavy atom. The molecule has 0 rings (SSSR count). The summed E-state index contributed by atoms with van der Waals surface area (Å²) in [6.45, 7) is 0. The van der Waals surface area contributed by atoms with E-state index >= 15 is 0 Å². The summed E-state index contributed by atoms with van der Waals surface area (Å²) < 4.78 is 197. The molecule has 1 atom stereocenters. The van der Waals surface area contributed by atoms with Gasteiger partial charge in [-0.25, -0.2) is 4.39 Å². The fraction of sp³-hybridized carbons (Fsp3) is 0.778. The van der Waals surface area contributed by atoms with Gasteiger partial charge >= 0.3 is 36.3 Å². The highest BCUT2D eigenvalue weighted by molar-refractivity contribution is 5.21. The molecule has 0 fully saturated rings. The molecule has 0 heterocycles. The molecule has 0 aromatic rings. The van der Waals surface area contributed by atoms with Crippen LogP contribution >= 0.6 is 0 Å². The van der Waals surface area contributed by atoms with Crippen molar-refractivity contribution in [1.29, 1.82) is 0 Å². The number of halogens is 16. The van der Waals surface area contributed by atoms with Gasteiger partial charge in [0.25, 0.3) is 5.67 Å². The van der Waals surface area contributed by atoms with E-state index in [0.29, 0.717) is 0 Å². The van der Waals surface area contributed by atoms with Crippen molar-refractivity contribution in [2.24, 2.45) is 0 Å². The maximum atomic E-state index is 13.4. The SMILES string of the molecule is FC(F)(F)/C=C/C(F)(C(F)(F)F)C(F)(F)C(F)(F)C(F)(F)C(F)(F)F. The van der Waals surface area contributed by atoms with Gasteiger partial charge in [-0.2, -0.15) is 65.9 Å². The Labute approximate surface area is 126 Å². The third kappa shape index (κ3) is 3.75. The average Bonchev–Trinajstić information content (AvgIpc) is 2.31. The van der Waals surface area contributed by atoms with E-state index in [9.17, 15) is 70.2 Å². The van der Waals surface area contributed by atoms with Gasteiger partial charge in [-0.15, -0.1) is 0 Å². The van der Waals surface area contributed by atoms with E-state index < -0.39 is 54.1 Å². The van der Waals surface area contributed by atoms with Crippen molar-refractivity contribution < 1.29 is 70.2 Å². The lowest BCUT2D eigenvalue weighted by molar-refractivity contribution is -0.425. The van der Waals surface area contributed by atoms with Gasteiger partial charge in [-0.3, -0.25) is 0 Å². The lowest BCUT2D eigenvalue weighted by Crippen LogP contribution is -2.70. The fourth-order valence-corrected chi connectivity index (χ4v) is 1.19. The zero-order valence-corrected chi connectivity index (χ0v) is 10.7. The van der Waals surface area contributed by atoms with Crippen LogP contribution in [0.1, 0.15) is 0 Å². The predicted molar refractivity (Wildman–Crippen MR) is 46.0 cm³/mol. The maximum absolute atomic E-state index is 13.4. The molecular weight excluding hydrogens is 412 g/mol. The monoisotopic (exact) mass is 414 g/mol. The summed E-state index contributed by atoms with van der Waals surface area (Å²) in [5.74, 6) is -24.0. The van der Waals surface area contributed by atoms with Gasteiger partial charge in [0, 0.05) is 6.08 Å². The third-order valence-corrected chi connectivity index (χ3v) is 2.52. The van der Waals surface area contributed by atoms with E-state index in [1.807, 2.05) is 0 Å². The fourth-order valence-electron chi connectivity index (χ4n) is 1.19. The molecule has 0 saturated heterocycles. The van der Waals surface area contributed by atoms with E-state index in [1.165, 1.54) is 0 Å². The predicted octanol–water partition coefficient (Wildman–Crippen LogP) is 5.84. The van der Waals surface area contributed by atoms with Crippen LogP contribution in [0.25, 0.3) is 0 Å². The zero-order valence-electron chi connectivity index (χ0n) is 10.7. The first-order valence-corrected chi connectivity index (χ1v) is 5.18. The molecule has 0 aromatic carbocycles. The summed E-state index contributed by atoms with van der Waals surface area (Å²) in [7, 11) is 0. The molecule has 0 aliphatic rings. The van der Waals surface area contributed by atoms with Gasteiger partial charge in [0.2, 0.25) is 0 Å². The average molecular weight is 414 g/mol. The minimum atomic E-state index is -8.11. The second-order valence-corrected chi connectivity index (χ2v) is 4.31. The largest absolute Gasteiger partial charge is 0.460 e. The van der Waals surface area contributed by atoms with Gasteiger partial charge in [0.1, 0.15) is 0 Å². The smallest absolute Gasteiger partial charge is 0.222 e. The Bertz CT molecular complexity index is 501. The van der Waals surface area contributed by atoms with Crippen LogP contribution in [0.5, 0.6) is 0 Å². The van der Waals surface area contributed by atoms with Crippen LogP contribution in [0.4, 0.5) is 70.2 Å². The number of hydrogen-bond donors (Lipinski definition) is 0. The molecule has 0 aliphatic carbocycles. The van der Waals surface area contributed by atoms with Gasteiger partial charge in [-0.1, -0.05) is 0 Å². The molecule has 0 bridgehead atoms. The van der Waals surface area contributed by atoms with Gasteiger partial charge < -0.3 is 0 Å². The summed E-state index contributed by atoms with van der Waals surface area (Å²) >= 11 is 0. The molecule has 25 heavy (non-hydrogen) atoms. The van der Waals surface area contributed by atoms with Crippen LogP contribution in [-0.4, -0.2) is 42.0 Å². The van der Waals surface area contributed by atoms with Crippen LogP contribution in [-0.2, 0) is 0 Å². The van der Waals surface area contributed by atoms with E-state index in [-0.39, 0.29) is 0 Å². The number of rotatable bonds is 4. The lowest BCUT2D eigenvalue weighted by atomic mass is 9.87. The highest BCUT2D eigenvalue weighted by atomic mass is 19.4. The van der Waals surface area contributed by atoms with E-state index in [0.717, 1.165) is 0 Å². The highest BCUT2D eigenvalue weighted by Crippen LogP contribution is 2.60. The van der Waals surface area contributed by atoms with Gasteiger partial charge in [0.05, 0.1) is 0 Å². The summed E-state index contributed by atoms with van der Waals surface area (Å²) in [5, 5.41) is 0. The van der Waals surface area contributed by atoms with Crippen LogP contribution in [0, 0.1) is 0 Å². The van der Waals surface area contributed by atoms with Crippen molar-refractivity contribution in [3.05, 3.63) is 12.2 Å². The minimum Gasteiger partial charge on any atom is -0.222 e. The normalized spacial score (nSPS) is 18.6. The molecule has 0 N–H and O–H groups in total. The van der Waals surface area contributed by atoms with Crippen LogP contribution in [0.15, 0.2) is 12.2 Å². The highest BCUT2D eigenvalue weighted by Gasteiger charge is 2.89. The molecule has 0 nitrogen and oxygen atoms in total. The second kappa shape index (κ2) is 5.82. The molecule has 1 unspecified atom stereocenters. The molecule has 0 aliphatic heterocycles. The lowest BCUT2D eigenvalue weighted by Gasteiger charge is -2.40. The van der Waals surface area contributed by atoms with E-state index in [1.54, 1.807) is 0 Å². The van der Waals surface area contributed by atoms with Crippen molar-refractivity contribution in [2.75, 3.05) is 0 Å². The molecule has 0 amide bonds. The Hall–Kier alpha value is -1.38. The summed E-state index contributed by atoms with van der Waals surface area (Å²) in [5.41, 5.74) is -7.21. The Morgan fingerprint density at radius 1 is 0.360 bits per heavy atom. The molecule has 16 heteroatoms.